The highest BCUT2D eigenvalue weighted by Crippen LogP contribution is 2.50. The summed E-state index contributed by atoms with van der Waals surface area (Å²) in [5, 5.41) is 12.8. The summed E-state index contributed by atoms with van der Waals surface area (Å²) in [6.07, 6.45) is 0.575. The fraction of sp³-hybridized carbons (Fsp3) is 0.826. The molecule has 0 radical (unpaired) electrons. The largest absolute Gasteiger partial charge is 0.479 e. The Kier molecular flexibility index (Phi) is 7.91. The first-order valence-corrected chi connectivity index (χ1v) is 11.6. The molecule has 1 unspecified atom stereocenters. The lowest BCUT2D eigenvalue weighted by atomic mass is 9.73. The molecule has 2 aliphatic heterocycles. The molecule has 0 aromatic carbocycles. The van der Waals surface area contributed by atoms with Gasteiger partial charge in [-0.3, -0.25) is 4.79 Å². The van der Waals surface area contributed by atoms with Crippen LogP contribution in [0.2, 0.25) is 0 Å². The lowest BCUT2D eigenvalue weighted by molar-refractivity contribution is -0.158. The van der Waals surface area contributed by atoms with Gasteiger partial charge in [-0.05, 0) is 57.8 Å². The summed E-state index contributed by atoms with van der Waals surface area (Å²) >= 11 is 0. The number of rotatable bonds is 5. The lowest BCUT2D eigenvalue weighted by Crippen LogP contribution is -2.59. The molecule has 1 spiro atoms. The molecule has 0 bridgehead atoms. The van der Waals surface area contributed by atoms with Crippen molar-refractivity contribution < 1.29 is 33.8 Å². The number of amides is 3. The smallest absolute Gasteiger partial charge is 0.410 e. The van der Waals surface area contributed by atoms with Crippen LogP contribution in [0.25, 0.3) is 0 Å². The third kappa shape index (κ3) is 5.70. The molecule has 0 aliphatic carbocycles. The first-order valence-electron chi connectivity index (χ1n) is 11.6. The number of nitrogens with zero attached hydrogens (tertiary/aromatic N) is 2. The second-order valence-corrected chi connectivity index (χ2v) is 10.6. The number of carboxylic acids is 1. The number of hydrogen-bond acceptors (Lipinski definition) is 6. The molecule has 3 amide bonds. The van der Waals surface area contributed by atoms with E-state index in [4.69, 9.17) is 4.74 Å². The molecule has 0 aromatic heterocycles. The molecule has 2 aliphatic rings. The molecule has 188 valence electrons. The summed E-state index contributed by atoms with van der Waals surface area (Å²) in [6.45, 7) is 11.9. The molecule has 2 N–H and O–H groups in total. The molecular weight excluding hydrogens is 430 g/mol. The molecule has 2 heterocycles. The van der Waals surface area contributed by atoms with Gasteiger partial charge in [-0.2, -0.15) is 0 Å². The highest BCUT2D eigenvalue weighted by Gasteiger charge is 2.59. The maximum Gasteiger partial charge on any atom is 0.410 e. The van der Waals surface area contributed by atoms with E-state index in [9.17, 15) is 24.3 Å². The van der Waals surface area contributed by atoms with Gasteiger partial charge in [-0.25, -0.2) is 14.4 Å². The summed E-state index contributed by atoms with van der Waals surface area (Å²) in [6, 6.07) is -0.903. The van der Waals surface area contributed by atoms with Gasteiger partial charge in [0.05, 0.1) is 7.11 Å². The lowest BCUT2D eigenvalue weighted by Gasteiger charge is -2.39. The SMILES string of the molecule is CCC1(C(=O)O)CC2(CCN(C(=O)OC(C)(C)C)CC2)CN1C(=O)[C@@H](NC(=O)OC)C(C)C. The van der Waals surface area contributed by atoms with Crippen molar-refractivity contribution >= 4 is 24.1 Å². The van der Waals surface area contributed by atoms with E-state index < -0.39 is 40.6 Å². The summed E-state index contributed by atoms with van der Waals surface area (Å²) in [5.74, 6) is -1.73. The fourth-order valence-corrected chi connectivity index (χ4v) is 4.90. The molecule has 0 saturated carbocycles. The highest BCUT2D eigenvalue weighted by molar-refractivity contribution is 5.92. The standard InChI is InChI=1S/C23H39N3O7/c1-8-23(18(28)29)13-22(9-11-25(12-10-22)20(31)33-21(4,5)6)14-26(23)17(27)16(15(2)3)24-19(30)32-7/h15-16H,8-14H2,1-7H3,(H,24,30)(H,28,29)/t16-,23?/m0/s1. The maximum absolute atomic E-state index is 13.6. The number of nitrogens with one attached hydrogen (secondary N) is 1. The van der Waals surface area contributed by atoms with Crippen molar-refractivity contribution in [1.29, 1.82) is 0 Å². The minimum atomic E-state index is -1.36. The van der Waals surface area contributed by atoms with Gasteiger partial charge in [0.1, 0.15) is 17.2 Å². The normalized spacial score (nSPS) is 23.4. The molecule has 10 nitrogen and oxygen atoms in total. The van der Waals surface area contributed by atoms with E-state index in [1.807, 2.05) is 20.8 Å². The van der Waals surface area contributed by atoms with Crippen LogP contribution in [-0.4, -0.2) is 82.9 Å². The number of hydrogen-bond donors (Lipinski definition) is 2. The molecular formula is C23H39N3O7. The van der Waals surface area contributed by atoms with Crippen molar-refractivity contribution in [2.24, 2.45) is 11.3 Å². The van der Waals surface area contributed by atoms with E-state index in [1.165, 1.54) is 12.0 Å². The van der Waals surface area contributed by atoms with Crippen LogP contribution in [0, 0.1) is 11.3 Å². The Bertz CT molecular complexity index is 769. The van der Waals surface area contributed by atoms with E-state index in [0.717, 1.165) is 0 Å². The number of methoxy groups -OCH3 is 1. The first kappa shape index (κ1) is 26.7. The molecule has 10 heteroatoms. The van der Waals surface area contributed by atoms with Crippen molar-refractivity contribution in [3.63, 3.8) is 0 Å². The van der Waals surface area contributed by atoms with Gasteiger partial charge in [-0.1, -0.05) is 20.8 Å². The van der Waals surface area contributed by atoms with Gasteiger partial charge in [-0.15, -0.1) is 0 Å². The van der Waals surface area contributed by atoms with Crippen LogP contribution < -0.4 is 5.32 Å². The van der Waals surface area contributed by atoms with Crippen LogP contribution in [0.4, 0.5) is 9.59 Å². The number of aliphatic carboxylic acids is 1. The Hall–Kier alpha value is -2.52. The summed E-state index contributed by atoms with van der Waals surface area (Å²) in [4.78, 5) is 53.5. The van der Waals surface area contributed by atoms with E-state index in [2.05, 4.69) is 10.1 Å². The summed E-state index contributed by atoms with van der Waals surface area (Å²) in [7, 11) is 1.22. The maximum atomic E-state index is 13.6. The summed E-state index contributed by atoms with van der Waals surface area (Å²) in [5.41, 5.74) is -2.38. The van der Waals surface area contributed by atoms with Crippen LogP contribution in [0.15, 0.2) is 0 Å². The number of carbonyl (C=O) groups is 4. The van der Waals surface area contributed by atoms with Gasteiger partial charge in [0.2, 0.25) is 5.91 Å². The molecule has 33 heavy (non-hydrogen) atoms. The molecule has 2 fully saturated rings. The van der Waals surface area contributed by atoms with Crippen LogP contribution in [0.1, 0.15) is 67.2 Å². The van der Waals surface area contributed by atoms with Gasteiger partial charge in [0.25, 0.3) is 0 Å². The Morgan fingerprint density at radius 2 is 1.70 bits per heavy atom. The predicted molar refractivity (Wildman–Crippen MR) is 121 cm³/mol. The zero-order chi connectivity index (χ0) is 25.2. The molecule has 2 atom stereocenters. The third-order valence-electron chi connectivity index (χ3n) is 6.79. The Morgan fingerprint density at radius 3 is 2.12 bits per heavy atom. The topological polar surface area (TPSA) is 125 Å². The van der Waals surface area contributed by atoms with Crippen LogP contribution >= 0.6 is 0 Å². The molecule has 2 rings (SSSR count). The number of ether oxygens (including phenoxy) is 2. The number of carboxylic acid groups (broad SMARTS) is 1. The van der Waals surface area contributed by atoms with E-state index in [0.29, 0.717) is 32.4 Å². The number of alkyl carbamates (subject to hydrolysis) is 1. The van der Waals surface area contributed by atoms with Gasteiger partial charge >= 0.3 is 18.2 Å². The fourth-order valence-electron chi connectivity index (χ4n) is 4.90. The molecule has 2 saturated heterocycles. The Balaban J connectivity index is 2.27. The average molecular weight is 470 g/mol. The van der Waals surface area contributed by atoms with Gasteiger partial charge < -0.3 is 29.7 Å². The van der Waals surface area contributed by atoms with Crippen molar-refractivity contribution in [2.45, 2.75) is 84.4 Å². The van der Waals surface area contributed by atoms with E-state index in [-0.39, 0.29) is 25.0 Å². The van der Waals surface area contributed by atoms with Gasteiger partial charge in [0.15, 0.2) is 0 Å². The predicted octanol–water partition coefficient (Wildman–Crippen LogP) is 2.85. The second kappa shape index (κ2) is 9.77. The zero-order valence-corrected chi connectivity index (χ0v) is 20.9. The summed E-state index contributed by atoms with van der Waals surface area (Å²) < 4.78 is 10.1. The Morgan fingerprint density at radius 1 is 1.12 bits per heavy atom. The highest BCUT2D eigenvalue weighted by atomic mass is 16.6. The minimum Gasteiger partial charge on any atom is -0.479 e. The van der Waals surface area contributed by atoms with Crippen LogP contribution in [0.5, 0.6) is 0 Å². The first-order chi connectivity index (χ1) is 15.2. The monoisotopic (exact) mass is 469 g/mol. The molecule has 0 aromatic rings. The quantitative estimate of drug-likeness (QED) is 0.634. The zero-order valence-electron chi connectivity index (χ0n) is 20.9. The number of carbonyl (C=O) groups excluding carboxylic acids is 3. The second-order valence-electron chi connectivity index (χ2n) is 10.6. The number of likely N-dealkylation sites (tertiary alicyclic amines) is 2. The van der Waals surface area contributed by atoms with Crippen molar-refractivity contribution in [3.05, 3.63) is 0 Å². The Labute approximate surface area is 195 Å². The minimum absolute atomic E-state index is 0.245. The van der Waals surface area contributed by atoms with E-state index in [1.54, 1.807) is 25.7 Å². The van der Waals surface area contributed by atoms with Crippen molar-refractivity contribution in [2.75, 3.05) is 26.7 Å². The van der Waals surface area contributed by atoms with Crippen molar-refractivity contribution in [1.82, 2.24) is 15.1 Å². The average Bonchev–Trinajstić information content (AvgIpc) is 3.05. The van der Waals surface area contributed by atoms with Gasteiger partial charge in [0, 0.05) is 19.6 Å². The van der Waals surface area contributed by atoms with E-state index >= 15 is 0 Å². The van der Waals surface area contributed by atoms with Crippen molar-refractivity contribution in [3.8, 4) is 0 Å². The van der Waals surface area contributed by atoms with Crippen LogP contribution in [-0.2, 0) is 19.1 Å². The number of piperidine rings is 1. The van der Waals surface area contributed by atoms with Crippen LogP contribution in [0.3, 0.4) is 0 Å². The third-order valence-corrected chi connectivity index (χ3v) is 6.79.